The van der Waals surface area contributed by atoms with Gasteiger partial charge in [0.2, 0.25) is 5.91 Å². The molecule has 3 nitrogen and oxygen atoms in total. The summed E-state index contributed by atoms with van der Waals surface area (Å²) >= 11 is 7.45. The van der Waals surface area contributed by atoms with Crippen molar-refractivity contribution >= 4 is 29.3 Å². The Morgan fingerprint density at radius 2 is 2.05 bits per heavy atom. The first-order chi connectivity index (χ1) is 10.6. The molecule has 0 aliphatic carbocycles. The van der Waals surface area contributed by atoms with E-state index in [0.717, 1.165) is 10.5 Å². The van der Waals surface area contributed by atoms with E-state index in [2.05, 4.69) is 5.32 Å². The fourth-order valence-electron chi connectivity index (χ4n) is 1.94. The summed E-state index contributed by atoms with van der Waals surface area (Å²) in [6.45, 7) is 1.95. The third kappa shape index (κ3) is 4.52. The molecule has 0 spiro atoms. The standard InChI is InChI=1S/C17H15ClN2OS/c1-12(14-5-3-2-4-6-14)20-17(21)11-22-16-8-7-13(10-19)9-15(16)18/h2-9,12H,11H2,1H3,(H,20,21)/t12-/m1/s1. The number of halogens is 1. The van der Waals surface area contributed by atoms with Crippen molar-refractivity contribution in [2.75, 3.05) is 5.75 Å². The predicted octanol–water partition coefficient (Wildman–Crippen LogP) is 4.18. The van der Waals surface area contributed by atoms with Crippen molar-refractivity contribution in [2.45, 2.75) is 17.9 Å². The first-order valence-corrected chi connectivity index (χ1v) is 8.13. The molecule has 2 rings (SSSR count). The summed E-state index contributed by atoms with van der Waals surface area (Å²) in [4.78, 5) is 12.8. The van der Waals surface area contributed by atoms with E-state index >= 15 is 0 Å². The van der Waals surface area contributed by atoms with E-state index in [1.165, 1.54) is 11.8 Å². The lowest BCUT2D eigenvalue weighted by molar-refractivity contribution is -0.119. The SMILES string of the molecule is C[C@@H](NC(=O)CSc1ccc(C#N)cc1Cl)c1ccccc1. The summed E-state index contributed by atoms with van der Waals surface area (Å²) in [5.74, 6) is 0.227. The molecule has 0 fully saturated rings. The van der Waals surface area contributed by atoms with Crippen LogP contribution in [0.15, 0.2) is 53.4 Å². The average molecular weight is 331 g/mol. The van der Waals surface area contributed by atoms with Crippen LogP contribution in [-0.4, -0.2) is 11.7 Å². The third-order valence-electron chi connectivity index (χ3n) is 3.10. The molecule has 0 aromatic heterocycles. The zero-order valence-corrected chi connectivity index (χ0v) is 13.6. The van der Waals surface area contributed by atoms with E-state index in [9.17, 15) is 4.79 Å². The Bertz CT molecular complexity index is 698. The maximum absolute atomic E-state index is 12.0. The van der Waals surface area contributed by atoms with Gasteiger partial charge in [-0.3, -0.25) is 4.79 Å². The molecular weight excluding hydrogens is 316 g/mol. The minimum Gasteiger partial charge on any atom is -0.349 e. The van der Waals surface area contributed by atoms with E-state index in [0.29, 0.717) is 10.6 Å². The Morgan fingerprint density at radius 1 is 1.32 bits per heavy atom. The number of amides is 1. The highest BCUT2D eigenvalue weighted by Crippen LogP contribution is 2.27. The average Bonchev–Trinajstić information content (AvgIpc) is 2.54. The number of thioether (sulfide) groups is 1. The second-order valence-electron chi connectivity index (χ2n) is 4.75. The van der Waals surface area contributed by atoms with Gasteiger partial charge in [-0.2, -0.15) is 5.26 Å². The largest absolute Gasteiger partial charge is 0.349 e. The fourth-order valence-corrected chi connectivity index (χ4v) is 3.01. The van der Waals surface area contributed by atoms with Crippen LogP contribution >= 0.6 is 23.4 Å². The number of nitrogens with one attached hydrogen (secondary N) is 1. The molecule has 0 heterocycles. The number of carbonyl (C=O) groups excluding carboxylic acids is 1. The Kier molecular flexibility index (Phi) is 5.88. The van der Waals surface area contributed by atoms with Crippen molar-refractivity contribution in [3.8, 4) is 6.07 Å². The summed E-state index contributed by atoms with van der Waals surface area (Å²) in [5, 5.41) is 12.2. The van der Waals surface area contributed by atoms with Crippen LogP contribution in [0.5, 0.6) is 0 Å². The van der Waals surface area contributed by atoms with Crippen molar-refractivity contribution in [3.05, 3.63) is 64.7 Å². The van der Waals surface area contributed by atoms with E-state index in [1.54, 1.807) is 18.2 Å². The van der Waals surface area contributed by atoms with Gasteiger partial charge < -0.3 is 5.32 Å². The van der Waals surface area contributed by atoms with Gasteiger partial charge in [-0.05, 0) is 30.7 Å². The highest BCUT2D eigenvalue weighted by Gasteiger charge is 2.10. The predicted molar refractivity (Wildman–Crippen MR) is 89.9 cm³/mol. The highest BCUT2D eigenvalue weighted by atomic mass is 35.5. The molecule has 0 saturated carbocycles. The number of nitrogens with zero attached hydrogens (tertiary/aromatic N) is 1. The third-order valence-corrected chi connectivity index (χ3v) is 4.60. The van der Waals surface area contributed by atoms with Gasteiger partial charge in [0.25, 0.3) is 0 Å². The molecule has 5 heteroatoms. The molecule has 0 unspecified atom stereocenters. The summed E-state index contributed by atoms with van der Waals surface area (Å²) in [6.07, 6.45) is 0. The van der Waals surface area contributed by atoms with E-state index < -0.39 is 0 Å². The maximum atomic E-state index is 12.0. The topological polar surface area (TPSA) is 52.9 Å². The van der Waals surface area contributed by atoms with Crippen LogP contribution in [0, 0.1) is 11.3 Å². The molecule has 0 radical (unpaired) electrons. The van der Waals surface area contributed by atoms with Crippen molar-refractivity contribution in [1.29, 1.82) is 5.26 Å². The molecule has 22 heavy (non-hydrogen) atoms. The molecule has 0 saturated heterocycles. The first-order valence-electron chi connectivity index (χ1n) is 6.77. The van der Waals surface area contributed by atoms with Crippen molar-refractivity contribution in [2.24, 2.45) is 0 Å². The van der Waals surface area contributed by atoms with Crippen molar-refractivity contribution in [1.82, 2.24) is 5.32 Å². The fraction of sp³-hybridized carbons (Fsp3) is 0.176. The maximum Gasteiger partial charge on any atom is 0.230 e. The zero-order chi connectivity index (χ0) is 15.9. The Morgan fingerprint density at radius 3 is 2.68 bits per heavy atom. The molecule has 1 atom stereocenters. The lowest BCUT2D eigenvalue weighted by Gasteiger charge is -2.14. The smallest absolute Gasteiger partial charge is 0.230 e. The monoisotopic (exact) mass is 330 g/mol. The summed E-state index contributed by atoms with van der Waals surface area (Å²) in [6, 6.07) is 16.9. The van der Waals surface area contributed by atoms with Gasteiger partial charge in [-0.1, -0.05) is 41.9 Å². The van der Waals surface area contributed by atoms with Gasteiger partial charge in [0.05, 0.1) is 28.5 Å². The summed E-state index contributed by atoms with van der Waals surface area (Å²) < 4.78 is 0. The summed E-state index contributed by atoms with van der Waals surface area (Å²) in [5.41, 5.74) is 1.58. The number of rotatable bonds is 5. The van der Waals surface area contributed by atoms with Crippen LogP contribution in [0.25, 0.3) is 0 Å². The molecule has 0 bridgehead atoms. The first kappa shape index (κ1) is 16.4. The number of benzene rings is 2. The van der Waals surface area contributed by atoms with Crippen molar-refractivity contribution < 1.29 is 4.79 Å². The summed E-state index contributed by atoms with van der Waals surface area (Å²) in [7, 11) is 0. The molecule has 0 aliphatic heterocycles. The number of nitriles is 1. The molecule has 1 amide bonds. The molecule has 2 aromatic carbocycles. The van der Waals surface area contributed by atoms with Crippen LogP contribution in [-0.2, 0) is 4.79 Å². The minimum atomic E-state index is -0.0539. The molecule has 1 N–H and O–H groups in total. The Labute approximate surface area is 139 Å². The molecule has 0 aliphatic rings. The van der Waals surface area contributed by atoms with Crippen LogP contribution in [0.1, 0.15) is 24.1 Å². The number of hydrogen-bond donors (Lipinski definition) is 1. The number of carbonyl (C=O) groups is 1. The van der Waals surface area contributed by atoms with Gasteiger partial charge in [0.1, 0.15) is 0 Å². The van der Waals surface area contributed by atoms with E-state index in [1.807, 2.05) is 43.3 Å². The highest BCUT2D eigenvalue weighted by molar-refractivity contribution is 8.00. The molecular formula is C17H15ClN2OS. The van der Waals surface area contributed by atoms with Gasteiger partial charge in [-0.15, -0.1) is 11.8 Å². The minimum absolute atomic E-state index is 0.0364. The Balaban J connectivity index is 1.89. The van der Waals surface area contributed by atoms with Gasteiger partial charge >= 0.3 is 0 Å². The lowest BCUT2D eigenvalue weighted by Crippen LogP contribution is -2.28. The van der Waals surface area contributed by atoms with Crippen LogP contribution in [0.2, 0.25) is 5.02 Å². The Hall–Kier alpha value is -1.96. The van der Waals surface area contributed by atoms with Gasteiger partial charge in [0.15, 0.2) is 0 Å². The van der Waals surface area contributed by atoms with Crippen LogP contribution in [0.4, 0.5) is 0 Å². The zero-order valence-electron chi connectivity index (χ0n) is 12.0. The lowest BCUT2D eigenvalue weighted by atomic mass is 10.1. The second-order valence-corrected chi connectivity index (χ2v) is 6.17. The van der Waals surface area contributed by atoms with Crippen LogP contribution in [0.3, 0.4) is 0 Å². The van der Waals surface area contributed by atoms with Gasteiger partial charge in [0, 0.05) is 4.90 Å². The van der Waals surface area contributed by atoms with Crippen molar-refractivity contribution in [3.63, 3.8) is 0 Å². The van der Waals surface area contributed by atoms with Gasteiger partial charge in [-0.25, -0.2) is 0 Å². The van der Waals surface area contributed by atoms with E-state index in [4.69, 9.17) is 16.9 Å². The second kappa shape index (κ2) is 7.88. The number of hydrogen-bond acceptors (Lipinski definition) is 3. The van der Waals surface area contributed by atoms with Crippen LogP contribution < -0.4 is 5.32 Å². The van der Waals surface area contributed by atoms with E-state index in [-0.39, 0.29) is 17.7 Å². The molecule has 2 aromatic rings. The normalized spacial score (nSPS) is 11.5. The quantitative estimate of drug-likeness (QED) is 0.837. The molecule has 112 valence electrons.